The molecule has 3 rings (SSSR count). The first-order valence-corrected chi connectivity index (χ1v) is 7.57. The van der Waals surface area contributed by atoms with Crippen LogP contribution in [-0.4, -0.2) is 37.1 Å². The molecule has 0 saturated heterocycles. The van der Waals surface area contributed by atoms with Crippen molar-refractivity contribution in [2.75, 3.05) is 27.2 Å². The Morgan fingerprint density at radius 3 is 2.57 bits per heavy atom. The van der Waals surface area contributed by atoms with E-state index in [1.807, 2.05) is 55.4 Å². The van der Waals surface area contributed by atoms with Gasteiger partial charge >= 0.3 is 0 Å². The molecule has 3 aromatic rings. The molecule has 0 atom stereocenters. The Hall–Kier alpha value is -2.46. The summed E-state index contributed by atoms with van der Waals surface area (Å²) in [5.41, 5.74) is 1.10. The predicted molar refractivity (Wildman–Crippen MR) is 91.2 cm³/mol. The summed E-state index contributed by atoms with van der Waals surface area (Å²) in [7, 11) is 3.98. The second-order valence-electron chi connectivity index (χ2n) is 5.66. The van der Waals surface area contributed by atoms with Crippen molar-refractivity contribution in [2.45, 2.75) is 0 Å². The molecule has 3 nitrogen and oxygen atoms in total. The monoisotopic (exact) mass is 310 g/mol. The van der Waals surface area contributed by atoms with Crippen LogP contribution in [0.2, 0.25) is 0 Å². The largest absolute Gasteiger partial charge is 0.476 e. The van der Waals surface area contributed by atoms with E-state index in [4.69, 9.17) is 4.74 Å². The lowest BCUT2D eigenvalue weighted by atomic mass is 10.0. The third-order valence-corrected chi connectivity index (χ3v) is 3.63. The van der Waals surface area contributed by atoms with Gasteiger partial charge < -0.3 is 9.64 Å². The maximum absolute atomic E-state index is 14.2. The summed E-state index contributed by atoms with van der Waals surface area (Å²) in [6.45, 7) is 1.33. The highest BCUT2D eigenvalue weighted by Crippen LogP contribution is 2.31. The van der Waals surface area contributed by atoms with Crippen molar-refractivity contribution in [3.8, 4) is 17.1 Å². The van der Waals surface area contributed by atoms with Gasteiger partial charge in [-0.1, -0.05) is 36.4 Å². The highest BCUT2D eigenvalue weighted by molar-refractivity contribution is 5.95. The molecule has 0 radical (unpaired) electrons. The molecule has 2 aromatic carbocycles. The van der Waals surface area contributed by atoms with Gasteiger partial charge in [-0.15, -0.1) is 0 Å². The Kier molecular flexibility index (Phi) is 4.53. The second-order valence-corrected chi connectivity index (χ2v) is 5.66. The minimum atomic E-state index is -0.282. The molecule has 0 saturated carbocycles. The number of hydrogen-bond donors (Lipinski definition) is 0. The number of rotatable bonds is 5. The van der Waals surface area contributed by atoms with Gasteiger partial charge in [0, 0.05) is 23.6 Å². The summed E-state index contributed by atoms with van der Waals surface area (Å²) < 4.78 is 20.0. The second kappa shape index (κ2) is 6.75. The minimum Gasteiger partial charge on any atom is -0.476 e. The Morgan fingerprint density at radius 2 is 1.78 bits per heavy atom. The number of fused-ring (bicyclic) bond motifs is 1. The molecule has 0 aliphatic heterocycles. The summed E-state index contributed by atoms with van der Waals surface area (Å²) >= 11 is 0. The maximum Gasteiger partial charge on any atom is 0.214 e. The molecule has 0 fully saturated rings. The van der Waals surface area contributed by atoms with Crippen molar-refractivity contribution in [3.05, 3.63) is 60.4 Å². The fraction of sp³-hybridized carbons (Fsp3) is 0.211. The minimum absolute atomic E-state index is 0.282. The molecular formula is C19H19FN2O. The third-order valence-electron chi connectivity index (χ3n) is 3.63. The summed E-state index contributed by atoms with van der Waals surface area (Å²) in [5, 5.41) is 1.90. The van der Waals surface area contributed by atoms with E-state index < -0.39 is 0 Å². The molecule has 118 valence electrons. The molecule has 0 aliphatic carbocycles. The lowest BCUT2D eigenvalue weighted by molar-refractivity contribution is 0.254. The van der Waals surface area contributed by atoms with Crippen molar-refractivity contribution in [2.24, 2.45) is 0 Å². The molecular weight excluding hydrogens is 291 g/mol. The number of ether oxygens (including phenoxy) is 1. The predicted octanol–water partition coefficient (Wildman–Crippen LogP) is 3.98. The summed E-state index contributed by atoms with van der Waals surface area (Å²) in [4.78, 5) is 6.59. The van der Waals surface area contributed by atoms with Gasteiger partial charge in [0.2, 0.25) is 5.88 Å². The van der Waals surface area contributed by atoms with Crippen molar-refractivity contribution in [1.82, 2.24) is 9.88 Å². The molecule has 0 N–H and O–H groups in total. The van der Waals surface area contributed by atoms with E-state index in [2.05, 4.69) is 4.98 Å². The average Bonchev–Trinajstić information content (AvgIpc) is 2.54. The molecule has 23 heavy (non-hydrogen) atoms. The number of pyridine rings is 1. The zero-order valence-corrected chi connectivity index (χ0v) is 13.3. The normalized spacial score (nSPS) is 11.1. The van der Waals surface area contributed by atoms with Gasteiger partial charge in [0.1, 0.15) is 12.4 Å². The van der Waals surface area contributed by atoms with Gasteiger partial charge in [0.25, 0.3) is 0 Å². The Morgan fingerprint density at radius 1 is 1.04 bits per heavy atom. The van der Waals surface area contributed by atoms with Crippen molar-refractivity contribution in [3.63, 3.8) is 0 Å². The van der Waals surface area contributed by atoms with E-state index in [-0.39, 0.29) is 5.82 Å². The zero-order valence-electron chi connectivity index (χ0n) is 13.3. The lowest BCUT2D eigenvalue weighted by Crippen LogP contribution is -2.19. The highest BCUT2D eigenvalue weighted by atomic mass is 19.1. The van der Waals surface area contributed by atoms with Crippen LogP contribution in [0.3, 0.4) is 0 Å². The zero-order chi connectivity index (χ0) is 16.2. The van der Waals surface area contributed by atoms with Gasteiger partial charge in [0.15, 0.2) is 0 Å². The van der Waals surface area contributed by atoms with Gasteiger partial charge in [-0.05, 0) is 31.6 Å². The van der Waals surface area contributed by atoms with Crippen LogP contribution in [0, 0.1) is 5.82 Å². The maximum atomic E-state index is 14.2. The summed E-state index contributed by atoms with van der Waals surface area (Å²) in [6.07, 6.45) is 0. The number of aromatic nitrogens is 1. The molecule has 0 unspecified atom stereocenters. The molecule has 1 aromatic heterocycles. The van der Waals surface area contributed by atoms with E-state index in [0.717, 1.165) is 17.3 Å². The van der Waals surface area contributed by atoms with Crippen LogP contribution < -0.4 is 4.74 Å². The SMILES string of the molecule is CN(C)CCOc1cc2ccccc2c(-c2ccccc2F)n1. The standard InChI is InChI=1S/C19H19FN2O/c1-22(2)11-12-23-18-13-14-7-3-4-8-15(14)19(21-18)16-9-5-6-10-17(16)20/h3-10,13H,11-12H2,1-2H3. The topological polar surface area (TPSA) is 25.4 Å². The van der Waals surface area contributed by atoms with Gasteiger partial charge in [-0.2, -0.15) is 0 Å². The lowest BCUT2D eigenvalue weighted by Gasteiger charge is -2.13. The van der Waals surface area contributed by atoms with Crippen LogP contribution in [-0.2, 0) is 0 Å². The van der Waals surface area contributed by atoms with Crippen molar-refractivity contribution < 1.29 is 9.13 Å². The number of nitrogens with zero attached hydrogens (tertiary/aromatic N) is 2. The molecule has 1 heterocycles. The van der Waals surface area contributed by atoms with Crippen molar-refractivity contribution in [1.29, 1.82) is 0 Å². The Labute approximate surface area is 135 Å². The van der Waals surface area contributed by atoms with E-state index in [1.54, 1.807) is 12.1 Å². The first-order valence-electron chi connectivity index (χ1n) is 7.57. The molecule has 0 aliphatic rings. The number of likely N-dealkylation sites (N-methyl/N-ethyl adjacent to an activating group) is 1. The van der Waals surface area contributed by atoms with Crippen LogP contribution in [0.15, 0.2) is 54.6 Å². The molecule has 4 heteroatoms. The first kappa shape index (κ1) is 15.4. The fourth-order valence-electron chi connectivity index (χ4n) is 2.44. The molecule has 0 bridgehead atoms. The van der Waals surface area contributed by atoms with E-state index in [9.17, 15) is 4.39 Å². The Bertz CT molecular complexity index is 817. The first-order chi connectivity index (χ1) is 11.1. The quantitative estimate of drug-likeness (QED) is 0.713. The van der Waals surface area contributed by atoms with E-state index in [1.165, 1.54) is 6.07 Å². The van der Waals surface area contributed by atoms with Crippen LogP contribution in [0.4, 0.5) is 4.39 Å². The number of hydrogen-bond acceptors (Lipinski definition) is 3. The van der Waals surface area contributed by atoms with Crippen LogP contribution in [0.25, 0.3) is 22.0 Å². The number of benzene rings is 2. The van der Waals surface area contributed by atoms with Crippen molar-refractivity contribution >= 4 is 10.8 Å². The van der Waals surface area contributed by atoms with Gasteiger partial charge in [-0.25, -0.2) is 9.37 Å². The average molecular weight is 310 g/mol. The van der Waals surface area contributed by atoms with Gasteiger partial charge in [0.05, 0.1) is 5.69 Å². The highest BCUT2D eigenvalue weighted by Gasteiger charge is 2.12. The van der Waals surface area contributed by atoms with Crippen LogP contribution in [0.1, 0.15) is 0 Å². The molecule has 0 amide bonds. The van der Waals surface area contributed by atoms with Crippen LogP contribution >= 0.6 is 0 Å². The summed E-state index contributed by atoms with van der Waals surface area (Å²) in [6, 6.07) is 16.4. The molecule has 0 spiro atoms. The third kappa shape index (κ3) is 3.48. The van der Waals surface area contributed by atoms with E-state index >= 15 is 0 Å². The van der Waals surface area contributed by atoms with E-state index in [0.29, 0.717) is 23.7 Å². The Balaban J connectivity index is 2.06. The van der Waals surface area contributed by atoms with Gasteiger partial charge in [-0.3, -0.25) is 0 Å². The fourth-order valence-corrected chi connectivity index (χ4v) is 2.44. The number of halogens is 1. The smallest absolute Gasteiger partial charge is 0.214 e. The van der Waals surface area contributed by atoms with Crippen LogP contribution in [0.5, 0.6) is 5.88 Å². The summed E-state index contributed by atoms with van der Waals surface area (Å²) in [5.74, 6) is 0.236.